The summed E-state index contributed by atoms with van der Waals surface area (Å²) in [6.45, 7) is 8.67. The maximum Gasteiger partial charge on any atom is 0.0570 e. The van der Waals surface area contributed by atoms with Crippen molar-refractivity contribution < 1.29 is 4.74 Å². The molecule has 1 fully saturated rings. The van der Waals surface area contributed by atoms with Crippen LogP contribution in [0.4, 0.5) is 5.69 Å². The van der Waals surface area contributed by atoms with Crippen molar-refractivity contribution in [2.24, 2.45) is 0 Å². The van der Waals surface area contributed by atoms with Gasteiger partial charge in [-0.1, -0.05) is 12.1 Å². The maximum atomic E-state index is 5.77. The predicted octanol–water partition coefficient (Wildman–Crippen LogP) is 3.67. The Morgan fingerprint density at radius 2 is 1.76 bits per heavy atom. The molecule has 2 heteroatoms. The molecular weight excluding hydrogens is 210 g/mol. The number of anilines is 1. The second-order valence-electron chi connectivity index (χ2n) is 5.32. The smallest absolute Gasteiger partial charge is 0.0570 e. The van der Waals surface area contributed by atoms with Gasteiger partial charge in [-0.25, -0.2) is 0 Å². The molecule has 2 unspecified atom stereocenters. The van der Waals surface area contributed by atoms with Gasteiger partial charge in [0, 0.05) is 11.7 Å². The number of nitrogens with one attached hydrogen (secondary N) is 1. The van der Waals surface area contributed by atoms with Gasteiger partial charge in [0.2, 0.25) is 0 Å². The Kier molecular flexibility index (Phi) is 3.72. The normalized spacial score (nSPS) is 29.1. The highest BCUT2D eigenvalue weighted by molar-refractivity contribution is 5.54. The molecule has 0 aliphatic carbocycles. The highest BCUT2D eigenvalue weighted by atomic mass is 16.5. The Hall–Kier alpha value is -1.02. The fourth-order valence-electron chi connectivity index (χ4n) is 2.65. The molecule has 0 amide bonds. The summed E-state index contributed by atoms with van der Waals surface area (Å²) in [6, 6.07) is 6.99. The molecule has 0 aromatic heterocycles. The lowest BCUT2D eigenvalue weighted by molar-refractivity contribution is -0.0337. The minimum absolute atomic E-state index is 0.362. The first kappa shape index (κ1) is 12.4. The van der Waals surface area contributed by atoms with E-state index in [0.717, 1.165) is 12.8 Å². The maximum absolute atomic E-state index is 5.77. The number of hydrogen-bond donors (Lipinski definition) is 1. The highest BCUT2D eigenvalue weighted by Gasteiger charge is 2.24. The van der Waals surface area contributed by atoms with Crippen LogP contribution in [0.3, 0.4) is 0 Å². The van der Waals surface area contributed by atoms with E-state index >= 15 is 0 Å². The van der Waals surface area contributed by atoms with Crippen LogP contribution < -0.4 is 5.32 Å². The SMILES string of the molecule is Cc1cccc(NC2CC(C)OC(C)C2)c1C. The van der Waals surface area contributed by atoms with E-state index in [0.29, 0.717) is 18.2 Å². The zero-order valence-electron chi connectivity index (χ0n) is 11.3. The van der Waals surface area contributed by atoms with Crippen molar-refractivity contribution in [3.05, 3.63) is 29.3 Å². The average molecular weight is 233 g/mol. The quantitative estimate of drug-likeness (QED) is 0.841. The summed E-state index contributed by atoms with van der Waals surface area (Å²) in [6.07, 6.45) is 2.91. The Morgan fingerprint density at radius 3 is 2.41 bits per heavy atom. The Bertz CT molecular complexity index is 379. The van der Waals surface area contributed by atoms with Gasteiger partial charge in [-0.15, -0.1) is 0 Å². The minimum Gasteiger partial charge on any atom is -0.382 e. The minimum atomic E-state index is 0.362. The molecule has 1 aliphatic rings. The van der Waals surface area contributed by atoms with Crippen molar-refractivity contribution in [1.29, 1.82) is 0 Å². The topological polar surface area (TPSA) is 21.3 Å². The summed E-state index contributed by atoms with van der Waals surface area (Å²) >= 11 is 0. The number of benzene rings is 1. The van der Waals surface area contributed by atoms with Crippen LogP contribution in [0.25, 0.3) is 0 Å². The number of aryl methyl sites for hydroxylation is 1. The Balaban J connectivity index is 2.07. The largest absolute Gasteiger partial charge is 0.382 e. The zero-order chi connectivity index (χ0) is 12.4. The van der Waals surface area contributed by atoms with E-state index in [1.165, 1.54) is 16.8 Å². The molecule has 1 saturated heterocycles. The lowest BCUT2D eigenvalue weighted by Crippen LogP contribution is -2.37. The van der Waals surface area contributed by atoms with E-state index in [2.05, 4.69) is 51.2 Å². The molecule has 2 rings (SSSR count). The summed E-state index contributed by atoms with van der Waals surface area (Å²) in [7, 11) is 0. The van der Waals surface area contributed by atoms with Crippen LogP contribution in [0.15, 0.2) is 18.2 Å². The highest BCUT2D eigenvalue weighted by Crippen LogP contribution is 2.25. The van der Waals surface area contributed by atoms with Crippen molar-refractivity contribution in [1.82, 2.24) is 0 Å². The van der Waals surface area contributed by atoms with Crippen molar-refractivity contribution in [3.8, 4) is 0 Å². The van der Waals surface area contributed by atoms with Crippen LogP contribution in [0.5, 0.6) is 0 Å². The van der Waals surface area contributed by atoms with Gasteiger partial charge in [0.15, 0.2) is 0 Å². The summed E-state index contributed by atoms with van der Waals surface area (Å²) in [5.74, 6) is 0. The van der Waals surface area contributed by atoms with Gasteiger partial charge >= 0.3 is 0 Å². The number of rotatable bonds is 2. The molecule has 0 radical (unpaired) electrons. The van der Waals surface area contributed by atoms with Crippen LogP contribution in [-0.2, 0) is 4.74 Å². The van der Waals surface area contributed by atoms with E-state index in [9.17, 15) is 0 Å². The third-order valence-corrected chi connectivity index (χ3v) is 3.66. The molecule has 0 bridgehead atoms. The van der Waals surface area contributed by atoms with Crippen molar-refractivity contribution in [2.75, 3.05) is 5.32 Å². The molecule has 1 aromatic rings. The standard InChI is InChI=1S/C15H23NO/c1-10-6-5-7-15(13(10)4)16-14-8-11(2)17-12(3)9-14/h5-7,11-12,14,16H,8-9H2,1-4H3. The third-order valence-electron chi connectivity index (χ3n) is 3.66. The fourth-order valence-corrected chi connectivity index (χ4v) is 2.65. The van der Waals surface area contributed by atoms with Gasteiger partial charge in [-0.2, -0.15) is 0 Å². The van der Waals surface area contributed by atoms with Crippen molar-refractivity contribution in [2.45, 2.75) is 58.8 Å². The molecule has 1 heterocycles. The van der Waals surface area contributed by atoms with Crippen LogP contribution >= 0.6 is 0 Å². The zero-order valence-corrected chi connectivity index (χ0v) is 11.3. The second-order valence-corrected chi connectivity index (χ2v) is 5.32. The third kappa shape index (κ3) is 3.01. The molecule has 17 heavy (non-hydrogen) atoms. The van der Waals surface area contributed by atoms with Crippen LogP contribution in [-0.4, -0.2) is 18.2 Å². The van der Waals surface area contributed by atoms with Gasteiger partial charge in [0.1, 0.15) is 0 Å². The summed E-state index contributed by atoms with van der Waals surface area (Å²) in [5.41, 5.74) is 3.98. The fraction of sp³-hybridized carbons (Fsp3) is 0.600. The van der Waals surface area contributed by atoms with E-state index in [1.54, 1.807) is 0 Å². The first-order chi connectivity index (χ1) is 8.06. The number of ether oxygens (including phenoxy) is 1. The average Bonchev–Trinajstić information content (AvgIpc) is 2.23. The molecule has 1 aromatic carbocycles. The molecule has 0 saturated carbocycles. The van der Waals surface area contributed by atoms with Crippen molar-refractivity contribution >= 4 is 5.69 Å². The lowest BCUT2D eigenvalue weighted by Gasteiger charge is -2.33. The van der Waals surface area contributed by atoms with Gasteiger partial charge in [-0.05, 0) is 57.7 Å². The molecule has 1 N–H and O–H groups in total. The Morgan fingerprint density at radius 1 is 1.12 bits per heavy atom. The lowest BCUT2D eigenvalue weighted by atomic mass is 9.98. The second kappa shape index (κ2) is 5.09. The molecular formula is C15H23NO. The van der Waals surface area contributed by atoms with Crippen molar-refractivity contribution in [3.63, 3.8) is 0 Å². The summed E-state index contributed by atoms with van der Waals surface area (Å²) in [4.78, 5) is 0. The molecule has 94 valence electrons. The molecule has 1 aliphatic heterocycles. The first-order valence-corrected chi connectivity index (χ1v) is 6.54. The van der Waals surface area contributed by atoms with Crippen LogP contribution in [0, 0.1) is 13.8 Å². The van der Waals surface area contributed by atoms with E-state index in [-0.39, 0.29) is 0 Å². The van der Waals surface area contributed by atoms with E-state index in [4.69, 9.17) is 4.74 Å². The first-order valence-electron chi connectivity index (χ1n) is 6.54. The summed E-state index contributed by atoms with van der Waals surface area (Å²) < 4.78 is 5.77. The molecule has 2 nitrogen and oxygen atoms in total. The van der Waals surface area contributed by atoms with Gasteiger partial charge in [-0.3, -0.25) is 0 Å². The van der Waals surface area contributed by atoms with Gasteiger partial charge in [0.25, 0.3) is 0 Å². The van der Waals surface area contributed by atoms with Crippen LogP contribution in [0.2, 0.25) is 0 Å². The molecule has 2 atom stereocenters. The van der Waals surface area contributed by atoms with Gasteiger partial charge < -0.3 is 10.1 Å². The molecule has 0 spiro atoms. The monoisotopic (exact) mass is 233 g/mol. The van der Waals surface area contributed by atoms with Gasteiger partial charge in [0.05, 0.1) is 12.2 Å². The van der Waals surface area contributed by atoms with E-state index in [1.807, 2.05) is 0 Å². The van der Waals surface area contributed by atoms with E-state index < -0.39 is 0 Å². The Labute approximate surface area is 104 Å². The number of hydrogen-bond acceptors (Lipinski definition) is 2. The summed E-state index contributed by atoms with van der Waals surface area (Å²) in [5, 5.41) is 3.67. The predicted molar refractivity (Wildman–Crippen MR) is 72.6 cm³/mol. The van der Waals surface area contributed by atoms with Crippen LogP contribution in [0.1, 0.15) is 37.8 Å².